The second-order valence-corrected chi connectivity index (χ2v) is 6.94. The van der Waals surface area contributed by atoms with Gasteiger partial charge in [0.2, 0.25) is 0 Å². The molecule has 3 heterocycles. The summed E-state index contributed by atoms with van der Waals surface area (Å²) in [7, 11) is 1.86. The summed E-state index contributed by atoms with van der Waals surface area (Å²) in [6.45, 7) is 4.45. The fourth-order valence-electron chi connectivity index (χ4n) is 3.82. The molecule has 0 bridgehead atoms. The zero-order valence-corrected chi connectivity index (χ0v) is 14.7. The summed E-state index contributed by atoms with van der Waals surface area (Å²) >= 11 is 0. The first-order valence-electron chi connectivity index (χ1n) is 9.09. The smallest absolute Gasteiger partial charge is 0.274 e. The second kappa shape index (κ2) is 6.88. The lowest BCUT2D eigenvalue weighted by atomic mass is 10.1. The Morgan fingerprint density at radius 2 is 2.08 bits per heavy atom. The van der Waals surface area contributed by atoms with E-state index in [1.807, 2.05) is 13.1 Å². The van der Waals surface area contributed by atoms with E-state index in [1.165, 1.54) is 24.1 Å². The van der Waals surface area contributed by atoms with Gasteiger partial charge in [-0.05, 0) is 24.5 Å². The van der Waals surface area contributed by atoms with E-state index in [-0.39, 0.29) is 5.91 Å². The van der Waals surface area contributed by atoms with Crippen LogP contribution in [-0.4, -0.2) is 47.7 Å². The minimum atomic E-state index is -0.0163. The molecular weight excluding hydrogens is 314 g/mol. The number of aromatic nitrogens is 2. The van der Waals surface area contributed by atoms with Crippen molar-refractivity contribution in [2.24, 2.45) is 0 Å². The second-order valence-electron chi connectivity index (χ2n) is 6.94. The number of hydrogen-bond donors (Lipinski definition) is 2. The van der Waals surface area contributed by atoms with Gasteiger partial charge in [-0.15, -0.1) is 0 Å². The monoisotopic (exact) mass is 339 g/mol. The fourth-order valence-corrected chi connectivity index (χ4v) is 3.82. The molecule has 2 aliphatic rings. The SMILES string of the molecule is CN(Cc1ccccc1N1CCCC1)C(=O)c1n[nH]c2c1CNCC2. The van der Waals surface area contributed by atoms with Crippen molar-refractivity contribution in [1.82, 2.24) is 20.4 Å². The van der Waals surface area contributed by atoms with Crippen LogP contribution in [0.1, 0.15) is 40.2 Å². The number of aromatic amines is 1. The van der Waals surface area contributed by atoms with E-state index in [4.69, 9.17) is 0 Å². The number of H-pyrrole nitrogens is 1. The van der Waals surface area contributed by atoms with Gasteiger partial charge >= 0.3 is 0 Å². The Kier molecular flexibility index (Phi) is 4.44. The van der Waals surface area contributed by atoms with Crippen LogP contribution < -0.4 is 10.2 Å². The number of hydrogen-bond acceptors (Lipinski definition) is 4. The van der Waals surface area contributed by atoms with Crippen molar-refractivity contribution in [3.63, 3.8) is 0 Å². The number of anilines is 1. The molecule has 0 saturated carbocycles. The van der Waals surface area contributed by atoms with Crippen molar-refractivity contribution in [3.8, 4) is 0 Å². The third kappa shape index (κ3) is 3.14. The molecule has 2 aliphatic heterocycles. The number of para-hydroxylation sites is 1. The molecule has 1 aromatic heterocycles. The van der Waals surface area contributed by atoms with E-state index in [1.54, 1.807) is 4.90 Å². The quantitative estimate of drug-likeness (QED) is 0.893. The van der Waals surface area contributed by atoms with Crippen molar-refractivity contribution in [1.29, 1.82) is 0 Å². The highest BCUT2D eigenvalue weighted by molar-refractivity contribution is 5.94. The average Bonchev–Trinajstić information content (AvgIpc) is 3.31. The van der Waals surface area contributed by atoms with Crippen molar-refractivity contribution in [2.45, 2.75) is 32.4 Å². The Labute approximate surface area is 148 Å². The molecule has 1 aromatic carbocycles. The van der Waals surface area contributed by atoms with Gasteiger partial charge in [-0.2, -0.15) is 5.10 Å². The van der Waals surface area contributed by atoms with Crippen LogP contribution in [-0.2, 0) is 19.5 Å². The molecule has 0 spiro atoms. The van der Waals surface area contributed by atoms with E-state index in [9.17, 15) is 4.79 Å². The highest BCUT2D eigenvalue weighted by atomic mass is 16.2. The van der Waals surface area contributed by atoms with E-state index in [2.05, 4.69) is 38.6 Å². The van der Waals surface area contributed by atoms with Gasteiger partial charge in [-0.3, -0.25) is 9.89 Å². The van der Waals surface area contributed by atoms with Gasteiger partial charge in [0.1, 0.15) is 0 Å². The number of nitrogens with zero attached hydrogens (tertiary/aromatic N) is 3. The summed E-state index contributed by atoms with van der Waals surface area (Å²) in [4.78, 5) is 17.1. The van der Waals surface area contributed by atoms with Crippen LogP contribution in [0.25, 0.3) is 0 Å². The number of amides is 1. The van der Waals surface area contributed by atoms with Crippen LogP contribution in [0.3, 0.4) is 0 Å². The first-order valence-corrected chi connectivity index (χ1v) is 9.09. The maximum Gasteiger partial charge on any atom is 0.274 e. The minimum Gasteiger partial charge on any atom is -0.371 e. The first kappa shape index (κ1) is 16.1. The van der Waals surface area contributed by atoms with Crippen molar-refractivity contribution in [3.05, 3.63) is 46.8 Å². The molecule has 6 nitrogen and oxygen atoms in total. The van der Waals surface area contributed by atoms with E-state index < -0.39 is 0 Å². The van der Waals surface area contributed by atoms with Crippen molar-refractivity contribution in [2.75, 3.05) is 31.6 Å². The summed E-state index contributed by atoms with van der Waals surface area (Å²) in [5.74, 6) is -0.0163. The summed E-state index contributed by atoms with van der Waals surface area (Å²) in [6.07, 6.45) is 3.39. The zero-order valence-electron chi connectivity index (χ0n) is 14.7. The van der Waals surface area contributed by atoms with Crippen molar-refractivity contribution >= 4 is 11.6 Å². The van der Waals surface area contributed by atoms with Gasteiger partial charge < -0.3 is 15.1 Å². The first-order chi connectivity index (χ1) is 12.2. The Balaban J connectivity index is 1.53. The number of nitrogens with one attached hydrogen (secondary N) is 2. The van der Waals surface area contributed by atoms with E-state index in [0.717, 1.165) is 37.3 Å². The molecule has 0 atom stereocenters. The van der Waals surface area contributed by atoms with Gasteiger partial charge in [-0.25, -0.2) is 0 Å². The molecule has 1 amide bonds. The van der Waals surface area contributed by atoms with Crippen LogP contribution in [0.4, 0.5) is 5.69 Å². The highest BCUT2D eigenvalue weighted by Gasteiger charge is 2.25. The normalized spacial score (nSPS) is 16.8. The lowest BCUT2D eigenvalue weighted by Gasteiger charge is -2.24. The number of fused-ring (bicyclic) bond motifs is 1. The van der Waals surface area contributed by atoms with Gasteiger partial charge in [-0.1, -0.05) is 18.2 Å². The topological polar surface area (TPSA) is 64.3 Å². The predicted octanol–water partition coefficient (Wildman–Crippen LogP) is 1.93. The summed E-state index contributed by atoms with van der Waals surface area (Å²) in [5, 5.41) is 10.6. The molecule has 0 unspecified atom stereocenters. The van der Waals surface area contributed by atoms with E-state index >= 15 is 0 Å². The minimum absolute atomic E-state index is 0.0163. The molecule has 2 aromatic rings. The largest absolute Gasteiger partial charge is 0.371 e. The Bertz CT molecular complexity index is 763. The molecular formula is C19H25N5O. The number of carbonyl (C=O) groups excluding carboxylic acids is 1. The molecule has 6 heteroatoms. The summed E-state index contributed by atoms with van der Waals surface area (Å²) in [5.41, 5.74) is 5.13. The molecule has 0 aliphatic carbocycles. The molecule has 2 N–H and O–H groups in total. The average molecular weight is 339 g/mol. The van der Waals surface area contributed by atoms with Crippen LogP contribution in [0.15, 0.2) is 24.3 Å². The van der Waals surface area contributed by atoms with Gasteiger partial charge in [0, 0.05) is 63.1 Å². The fraction of sp³-hybridized carbons (Fsp3) is 0.474. The van der Waals surface area contributed by atoms with Crippen LogP contribution in [0.2, 0.25) is 0 Å². The Morgan fingerprint density at radius 1 is 1.28 bits per heavy atom. The number of carbonyl (C=O) groups is 1. The molecule has 132 valence electrons. The summed E-state index contributed by atoms with van der Waals surface area (Å²) in [6, 6.07) is 8.42. The molecule has 4 rings (SSSR count). The maximum absolute atomic E-state index is 12.9. The Morgan fingerprint density at radius 3 is 2.92 bits per heavy atom. The van der Waals surface area contributed by atoms with Crippen molar-refractivity contribution < 1.29 is 4.79 Å². The molecule has 1 fully saturated rings. The van der Waals surface area contributed by atoms with Crippen LogP contribution >= 0.6 is 0 Å². The highest BCUT2D eigenvalue weighted by Crippen LogP contribution is 2.26. The van der Waals surface area contributed by atoms with E-state index in [0.29, 0.717) is 18.8 Å². The van der Waals surface area contributed by atoms with Gasteiger partial charge in [0.25, 0.3) is 5.91 Å². The summed E-state index contributed by atoms with van der Waals surface area (Å²) < 4.78 is 0. The standard InChI is InChI=1S/C19H25N5O/c1-23(19(25)18-15-12-20-9-8-16(15)21-22-18)13-14-6-2-3-7-17(14)24-10-4-5-11-24/h2-3,6-7,20H,4-5,8-13H2,1H3,(H,21,22). The third-order valence-corrected chi connectivity index (χ3v) is 5.20. The van der Waals surface area contributed by atoms with Crippen LogP contribution in [0, 0.1) is 0 Å². The lowest BCUT2D eigenvalue weighted by molar-refractivity contribution is 0.0778. The third-order valence-electron chi connectivity index (χ3n) is 5.20. The lowest BCUT2D eigenvalue weighted by Crippen LogP contribution is -2.30. The number of rotatable bonds is 4. The van der Waals surface area contributed by atoms with Gasteiger partial charge in [0.15, 0.2) is 5.69 Å². The van der Waals surface area contributed by atoms with Gasteiger partial charge in [0.05, 0.1) is 0 Å². The predicted molar refractivity (Wildman–Crippen MR) is 97.7 cm³/mol. The number of benzene rings is 1. The maximum atomic E-state index is 12.9. The molecule has 0 radical (unpaired) electrons. The Hall–Kier alpha value is -2.34. The van der Waals surface area contributed by atoms with Crippen LogP contribution in [0.5, 0.6) is 0 Å². The zero-order chi connectivity index (χ0) is 17.2. The molecule has 1 saturated heterocycles. The molecule has 25 heavy (non-hydrogen) atoms.